The Labute approximate surface area is 150 Å². The predicted molar refractivity (Wildman–Crippen MR) is 95.1 cm³/mol. The van der Waals surface area contributed by atoms with Crippen LogP contribution in [0.15, 0.2) is 48.5 Å². The quantitative estimate of drug-likeness (QED) is 0.893. The molecule has 24 heavy (non-hydrogen) atoms. The molecule has 1 atom stereocenters. The summed E-state index contributed by atoms with van der Waals surface area (Å²) >= 11 is 12.0. The van der Waals surface area contributed by atoms with Crippen molar-refractivity contribution in [3.63, 3.8) is 0 Å². The molecule has 1 fully saturated rings. The number of carbonyl (C=O) groups is 2. The largest absolute Gasteiger partial charge is 0.338 e. The lowest BCUT2D eigenvalue weighted by Crippen LogP contribution is -2.28. The molecule has 0 spiro atoms. The van der Waals surface area contributed by atoms with Crippen molar-refractivity contribution in [2.45, 2.75) is 13.0 Å². The summed E-state index contributed by atoms with van der Waals surface area (Å²) in [6.07, 6.45) is 0.205. The maximum absolute atomic E-state index is 12.4. The third-order valence-electron chi connectivity index (χ3n) is 3.99. The summed E-state index contributed by atoms with van der Waals surface area (Å²) in [6.45, 7) is 0.916. The van der Waals surface area contributed by atoms with Gasteiger partial charge in [-0.15, -0.1) is 0 Å². The van der Waals surface area contributed by atoms with Gasteiger partial charge in [-0.25, -0.2) is 0 Å². The van der Waals surface area contributed by atoms with Gasteiger partial charge >= 0.3 is 0 Å². The molecule has 0 saturated carbocycles. The normalized spacial score (nSPS) is 17.2. The maximum atomic E-state index is 12.4. The van der Waals surface area contributed by atoms with Crippen molar-refractivity contribution in [1.82, 2.24) is 4.90 Å². The van der Waals surface area contributed by atoms with Crippen LogP contribution in [-0.4, -0.2) is 23.3 Å². The average molecular weight is 363 g/mol. The van der Waals surface area contributed by atoms with E-state index < -0.39 is 5.92 Å². The number of carbonyl (C=O) groups excluding carboxylic acids is 2. The summed E-state index contributed by atoms with van der Waals surface area (Å²) in [5.74, 6) is -0.629. The Morgan fingerprint density at radius 1 is 1.17 bits per heavy atom. The third kappa shape index (κ3) is 3.89. The second-order valence-electron chi connectivity index (χ2n) is 5.77. The van der Waals surface area contributed by atoms with Crippen molar-refractivity contribution in [2.75, 3.05) is 11.9 Å². The molecule has 1 unspecified atom stereocenters. The molecule has 0 aliphatic carbocycles. The van der Waals surface area contributed by atoms with Crippen LogP contribution in [0.25, 0.3) is 0 Å². The Kier molecular flexibility index (Phi) is 5.07. The van der Waals surface area contributed by atoms with Crippen LogP contribution >= 0.6 is 23.2 Å². The molecule has 2 amide bonds. The molecule has 1 N–H and O–H groups in total. The Morgan fingerprint density at radius 3 is 2.67 bits per heavy atom. The molecule has 3 rings (SSSR count). The van der Waals surface area contributed by atoms with Gasteiger partial charge in [0.1, 0.15) is 0 Å². The highest BCUT2D eigenvalue weighted by molar-refractivity contribution is 6.35. The minimum Gasteiger partial charge on any atom is -0.338 e. The van der Waals surface area contributed by atoms with Crippen LogP contribution in [0.4, 0.5) is 5.69 Å². The van der Waals surface area contributed by atoms with E-state index in [1.165, 1.54) is 0 Å². The van der Waals surface area contributed by atoms with E-state index in [9.17, 15) is 9.59 Å². The highest BCUT2D eigenvalue weighted by Gasteiger charge is 2.34. The number of hydrogen-bond donors (Lipinski definition) is 1. The number of anilines is 1. The van der Waals surface area contributed by atoms with Crippen molar-refractivity contribution in [3.8, 4) is 0 Å². The lowest BCUT2D eigenvalue weighted by Gasteiger charge is -2.17. The van der Waals surface area contributed by atoms with E-state index in [0.29, 0.717) is 28.8 Å². The number of nitrogens with one attached hydrogen (secondary N) is 1. The van der Waals surface area contributed by atoms with Crippen LogP contribution in [0.3, 0.4) is 0 Å². The van der Waals surface area contributed by atoms with Gasteiger partial charge in [0.05, 0.1) is 16.6 Å². The van der Waals surface area contributed by atoms with Gasteiger partial charge in [-0.1, -0.05) is 53.5 Å². The van der Waals surface area contributed by atoms with Crippen molar-refractivity contribution < 1.29 is 9.59 Å². The first-order valence-corrected chi connectivity index (χ1v) is 8.36. The average Bonchev–Trinajstić information content (AvgIpc) is 2.93. The van der Waals surface area contributed by atoms with Crippen LogP contribution in [-0.2, 0) is 16.1 Å². The molecule has 2 aromatic carbocycles. The number of rotatable bonds is 4. The Balaban J connectivity index is 1.64. The number of nitrogens with zero attached hydrogens (tertiary/aromatic N) is 1. The number of amides is 2. The lowest BCUT2D eigenvalue weighted by molar-refractivity contribution is -0.128. The van der Waals surface area contributed by atoms with E-state index in [1.54, 1.807) is 23.1 Å². The summed E-state index contributed by atoms with van der Waals surface area (Å²) in [4.78, 5) is 26.3. The van der Waals surface area contributed by atoms with Gasteiger partial charge in [0.25, 0.3) is 0 Å². The smallest absolute Gasteiger partial charge is 0.229 e. The van der Waals surface area contributed by atoms with Crippen molar-refractivity contribution in [3.05, 3.63) is 64.1 Å². The molecular formula is C18H16Cl2N2O2. The molecule has 0 radical (unpaired) electrons. The fraction of sp³-hybridized carbons (Fsp3) is 0.222. The standard InChI is InChI=1S/C18H16Cl2N2O2/c19-14-6-7-15(20)16(9-14)21-18(24)13-8-17(23)22(11-13)10-12-4-2-1-3-5-12/h1-7,9,13H,8,10-11H2,(H,21,24). The monoisotopic (exact) mass is 362 g/mol. The van der Waals surface area contributed by atoms with E-state index >= 15 is 0 Å². The summed E-state index contributed by atoms with van der Waals surface area (Å²) in [7, 11) is 0. The minimum absolute atomic E-state index is 0.0174. The number of hydrogen-bond acceptors (Lipinski definition) is 2. The first-order valence-electron chi connectivity index (χ1n) is 7.60. The van der Waals surface area contributed by atoms with E-state index in [0.717, 1.165) is 5.56 Å². The van der Waals surface area contributed by atoms with Crippen LogP contribution in [0.1, 0.15) is 12.0 Å². The van der Waals surface area contributed by atoms with Gasteiger partial charge in [-0.3, -0.25) is 9.59 Å². The predicted octanol–water partition coefficient (Wildman–Crippen LogP) is 3.98. The molecule has 0 aromatic heterocycles. The first-order chi connectivity index (χ1) is 11.5. The molecule has 124 valence electrons. The number of halogens is 2. The van der Waals surface area contributed by atoms with Crippen LogP contribution in [0, 0.1) is 5.92 Å². The molecule has 4 nitrogen and oxygen atoms in total. The molecule has 2 aromatic rings. The fourth-order valence-electron chi connectivity index (χ4n) is 2.73. The van der Waals surface area contributed by atoms with E-state index in [2.05, 4.69) is 5.32 Å². The molecular weight excluding hydrogens is 347 g/mol. The molecule has 0 bridgehead atoms. The molecule has 6 heteroatoms. The van der Waals surface area contributed by atoms with E-state index in [-0.39, 0.29) is 18.2 Å². The second-order valence-corrected chi connectivity index (χ2v) is 6.62. The summed E-state index contributed by atoms with van der Waals surface area (Å²) < 4.78 is 0. The van der Waals surface area contributed by atoms with Gasteiger partial charge in [0, 0.05) is 24.5 Å². The van der Waals surface area contributed by atoms with Gasteiger partial charge < -0.3 is 10.2 Å². The van der Waals surface area contributed by atoms with Crippen molar-refractivity contribution in [1.29, 1.82) is 0 Å². The molecule has 1 aliphatic heterocycles. The SMILES string of the molecule is O=C(Nc1cc(Cl)ccc1Cl)C1CC(=O)N(Cc2ccccc2)C1. The highest BCUT2D eigenvalue weighted by Crippen LogP contribution is 2.27. The Hall–Kier alpha value is -2.04. The zero-order valence-corrected chi connectivity index (χ0v) is 14.3. The molecule has 1 aliphatic rings. The third-order valence-corrected chi connectivity index (χ3v) is 4.55. The molecule has 1 heterocycles. The first kappa shape index (κ1) is 16.8. The zero-order chi connectivity index (χ0) is 17.1. The van der Waals surface area contributed by atoms with Gasteiger partial charge in [0.2, 0.25) is 11.8 Å². The van der Waals surface area contributed by atoms with Crippen molar-refractivity contribution in [2.24, 2.45) is 5.92 Å². The Morgan fingerprint density at radius 2 is 1.92 bits per heavy atom. The van der Waals surface area contributed by atoms with Crippen molar-refractivity contribution >= 4 is 40.7 Å². The summed E-state index contributed by atoms with van der Waals surface area (Å²) in [5, 5.41) is 3.67. The second kappa shape index (κ2) is 7.24. The topological polar surface area (TPSA) is 49.4 Å². The van der Waals surface area contributed by atoms with Gasteiger partial charge in [-0.05, 0) is 23.8 Å². The van der Waals surface area contributed by atoms with Gasteiger partial charge in [0.15, 0.2) is 0 Å². The molecule has 1 saturated heterocycles. The van der Waals surface area contributed by atoms with E-state index in [1.807, 2.05) is 30.3 Å². The summed E-state index contributed by atoms with van der Waals surface area (Å²) in [6, 6.07) is 14.6. The van der Waals surface area contributed by atoms with Crippen LogP contribution < -0.4 is 5.32 Å². The van der Waals surface area contributed by atoms with Gasteiger partial charge in [-0.2, -0.15) is 0 Å². The van der Waals surface area contributed by atoms with E-state index in [4.69, 9.17) is 23.2 Å². The highest BCUT2D eigenvalue weighted by atomic mass is 35.5. The van der Waals surface area contributed by atoms with Crippen LogP contribution in [0.5, 0.6) is 0 Å². The number of benzene rings is 2. The fourth-order valence-corrected chi connectivity index (χ4v) is 3.07. The zero-order valence-electron chi connectivity index (χ0n) is 12.8. The lowest BCUT2D eigenvalue weighted by atomic mass is 10.1. The number of likely N-dealkylation sites (tertiary alicyclic amines) is 1. The minimum atomic E-state index is -0.392. The summed E-state index contributed by atoms with van der Waals surface area (Å²) in [5.41, 5.74) is 1.51. The maximum Gasteiger partial charge on any atom is 0.229 e. The van der Waals surface area contributed by atoms with Crippen LogP contribution in [0.2, 0.25) is 10.0 Å². The Bertz CT molecular complexity index is 765.